The second-order valence-corrected chi connectivity index (χ2v) is 5.70. The highest BCUT2D eigenvalue weighted by atomic mass is 32.2. The summed E-state index contributed by atoms with van der Waals surface area (Å²) >= 11 is 2.78. The van der Waals surface area contributed by atoms with Gasteiger partial charge < -0.3 is 10.1 Å². The molecular weight excluding hydrogens is 294 g/mol. The molecule has 108 valence electrons. The largest absolute Gasteiger partial charge is 0.497 e. The zero-order chi connectivity index (χ0) is 15.1. The first-order chi connectivity index (χ1) is 9.53. The highest BCUT2D eigenvalue weighted by Gasteiger charge is 2.19. The molecule has 1 rings (SSSR count). The van der Waals surface area contributed by atoms with Crippen molar-refractivity contribution in [2.24, 2.45) is 0 Å². The molecule has 0 saturated heterocycles. The highest BCUT2D eigenvalue weighted by molar-refractivity contribution is 8.21. The number of benzene rings is 1. The van der Waals surface area contributed by atoms with Crippen molar-refractivity contribution in [3.8, 4) is 5.75 Å². The van der Waals surface area contributed by atoms with Gasteiger partial charge in [-0.2, -0.15) is 0 Å². The number of Topliss-reactive ketones (excluding diaryl/α,β-unsaturated/α-hetero) is 1. The molecule has 4 nitrogen and oxygen atoms in total. The van der Waals surface area contributed by atoms with E-state index >= 15 is 0 Å². The lowest BCUT2D eigenvalue weighted by molar-refractivity contribution is -0.118. The van der Waals surface area contributed by atoms with Gasteiger partial charge in [-0.1, -0.05) is 0 Å². The van der Waals surface area contributed by atoms with Gasteiger partial charge in [0.15, 0.2) is 5.78 Å². The summed E-state index contributed by atoms with van der Waals surface area (Å²) in [5, 5.41) is 2.72. The molecule has 1 aromatic rings. The number of hydrogen-bond donors (Lipinski definition) is 1. The number of anilines is 1. The number of hydrogen-bond acceptors (Lipinski definition) is 5. The Hall–Kier alpha value is -1.40. The van der Waals surface area contributed by atoms with Crippen LogP contribution in [-0.4, -0.2) is 31.3 Å². The first-order valence-electron chi connectivity index (χ1n) is 5.82. The van der Waals surface area contributed by atoms with Gasteiger partial charge in [-0.15, -0.1) is 23.5 Å². The summed E-state index contributed by atoms with van der Waals surface area (Å²) in [7, 11) is 1.58. The van der Waals surface area contributed by atoms with E-state index in [0.717, 1.165) is 0 Å². The van der Waals surface area contributed by atoms with E-state index < -0.39 is 0 Å². The molecule has 6 heteroatoms. The van der Waals surface area contributed by atoms with E-state index in [9.17, 15) is 9.59 Å². The number of carbonyl (C=O) groups is 2. The number of rotatable bonds is 6. The molecular formula is C14H17NO3S2. The molecule has 0 fully saturated rings. The van der Waals surface area contributed by atoms with Gasteiger partial charge >= 0.3 is 0 Å². The lowest BCUT2D eigenvalue weighted by atomic mass is 10.2. The second kappa shape index (κ2) is 8.01. The fourth-order valence-electron chi connectivity index (χ4n) is 1.55. The van der Waals surface area contributed by atoms with Crippen LogP contribution in [0.3, 0.4) is 0 Å². The minimum Gasteiger partial charge on any atom is -0.497 e. The predicted octanol–water partition coefficient (Wildman–Crippen LogP) is 3.16. The first-order valence-corrected chi connectivity index (χ1v) is 8.27. The summed E-state index contributed by atoms with van der Waals surface area (Å²) in [6.07, 6.45) is 3.69. The van der Waals surface area contributed by atoms with E-state index in [0.29, 0.717) is 15.7 Å². The maximum Gasteiger partial charge on any atom is 0.260 e. The molecule has 0 aliphatic carbocycles. The molecule has 0 aliphatic rings. The van der Waals surface area contributed by atoms with E-state index in [1.807, 2.05) is 12.5 Å². The standard InChI is InChI=1S/C14H17NO3S2/c1-9(16)12(14(19-3)20-4)13(17)15-10-5-7-11(18-2)8-6-10/h5-8H,1-4H3,(H,15,17). The first kappa shape index (κ1) is 16.7. The Morgan fingerprint density at radius 1 is 1.10 bits per heavy atom. The van der Waals surface area contributed by atoms with Crippen LogP contribution >= 0.6 is 23.5 Å². The monoisotopic (exact) mass is 311 g/mol. The Morgan fingerprint density at radius 3 is 2.05 bits per heavy atom. The van der Waals surface area contributed by atoms with E-state index in [4.69, 9.17) is 4.74 Å². The summed E-state index contributed by atoms with van der Waals surface area (Å²) in [5.41, 5.74) is 0.817. The third-order valence-electron chi connectivity index (χ3n) is 2.50. The van der Waals surface area contributed by atoms with Crippen LogP contribution in [0.2, 0.25) is 0 Å². The Balaban J connectivity index is 2.97. The minimum atomic E-state index is -0.388. The van der Waals surface area contributed by atoms with E-state index in [2.05, 4.69) is 5.32 Å². The predicted molar refractivity (Wildman–Crippen MR) is 86.4 cm³/mol. The number of carbonyl (C=O) groups excluding carboxylic acids is 2. The van der Waals surface area contributed by atoms with E-state index in [-0.39, 0.29) is 17.3 Å². The van der Waals surface area contributed by atoms with Crippen LogP contribution in [0.5, 0.6) is 5.75 Å². The average molecular weight is 311 g/mol. The molecule has 0 radical (unpaired) electrons. The second-order valence-electron chi connectivity index (χ2n) is 3.81. The van der Waals surface area contributed by atoms with Gasteiger partial charge in [-0.3, -0.25) is 9.59 Å². The number of methoxy groups -OCH3 is 1. The highest BCUT2D eigenvalue weighted by Crippen LogP contribution is 2.28. The Kier molecular flexibility index (Phi) is 6.67. The van der Waals surface area contributed by atoms with Gasteiger partial charge in [0, 0.05) is 5.69 Å². The van der Waals surface area contributed by atoms with Crippen molar-refractivity contribution >= 4 is 40.9 Å². The summed E-state index contributed by atoms with van der Waals surface area (Å²) in [6, 6.07) is 6.95. The number of amides is 1. The van der Waals surface area contributed by atoms with E-state index in [1.165, 1.54) is 30.4 Å². The normalized spacial score (nSPS) is 9.80. The summed E-state index contributed by atoms with van der Waals surface area (Å²) in [4.78, 5) is 23.9. The lowest BCUT2D eigenvalue weighted by Gasteiger charge is -2.10. The molecule has 0 unspecified atom stereocenters. The average Bonchev–Trinajstić information content (AvgIpc) is 2.44. The third-order valence-corrected chi connectivity index (χ3v) is 4.65. The Labute approximate surface area is 127 Å². The molecule has 0 heterocycles. The van der Waals surface area contributed by atoms with Crippen molar-refractivity contribution in [2.75, 3.05) is 24.9 Å². The van der Waals surface area contributed by atoms with Crippen molar-refractivity contribution in [3.05, 3.63) is 34.1 Å². The van der Waals surface area contributed by atoms with Gasteiger partial charge in [0.1, 0.15) is 11.3 Å². The van der Waals surface area contributed by atoms with Crippen LogP contribution in [0, 0.1) is 0 Å². The van der Waals surface area contributed by atoms with Crippen LogP contribution in [0.15, 0.2) is 34.1 Å². The Bertz CT molecular complexity index is 518. The fraction of sp³-hybridized carbons (Fsp3) is 0.286. The van der Waals surface area contributed by atoms with Crippen molar-refractivity contribution in [2.45, 2.75) is 6.92 Å². The van der Waals surface area contributed by atoms with Gasteiger partial charge in [-0.25, -0.2) is 0 Å². The number of thioether (sulfide) groups is 2. The molecule has 1 amide bonds. The van der Waals surface area contributed by atoms with Crippen molar-refractivity contribution < 1.29 is 14.3 Å². The van der Waals surface area contributed by atoms with Gasteiger partial charge in [0.25, 0.3) is 5.91 Å². The number of ether oxygens (including phenoxy) is 1. The van der Waals surface area contributed by atoms with Crippen LogP contribution in [-0.2, 0) is 9.59 Å². The van der Waals surface area contributed by atoms with Crippen LogP contribution in [0.25, 0.3) is 0 Å². The maximum atomic E-state index is 12.2. The van der Waals surface area contributed by atoms with Crippen LogP contribution in [0.1, 0.15) is 6.92 Å². The van der Waals surface area contributed by atoms with Crippen molar-refractivity contribution in [1.29, 1.82) is 0 Å². The SMILES string of the molecule is COc1ccc(NC(=O)C(C(C)=O)=C(SC)SC)cc1. The molecule has 1 aromatic carbocycles. The minimum absolute atomic E-state index is 0.195. The molecule has 0 aromatic heterocycles. The molecule has 1 N–H and O–H groups in total. The van der Waals surface area contributed by atoms with Crippen LogP contribution < -0.4 is 10.1 Å². The molecule has 20 heavy (non-hydrogen) atoms. The molecule has 0 saturated carbocycles. The number of nitrogens with one attached hydrogen (secondary N) is 1. The Morgan fingerprint density at radius 2 is 1.65 bits per heavy atom. The quantitative estimate of drug-likeness (QED) is 0.497. The van der Waals surface area contributed by atoms with Gasteiger partial charge in [0.2, 0.25) is 0 Å². The molecule has 0 aliphatic heterocycles. The van der Waals surface area contributed by atoms with Gasteiger partial charge in [-0.05, 0) is 43.7 Å². The number of ketones is 1. The summed E-state index contributed by atoms with van der Waals surface area (Å²) in [5.74, 6) is 0.0790. The zero-order valence-corrected chi connectivity index (χ0v) is 13.5. The summed E-state index contributed by atoms with van der Waals surface area (Å²) in [6.45, 7) is 1.40. The zero-order valence-electron chi connectivity index (χ0n) is 11.9. The molecule has 0 bridgehead atoms. The molecule has 0 atom stereocenters. The maximum absolute atomic E-state index is 12.2. The lowest BCUT2D eigenvalue weighted by Crippen LogP contribution is -2.20. The summed E-state index contributed by atoms with van der Waals surface area (Å²) < 4.78 is 5.76. The molecule has 0 spiro atoms. The van der Waals surface area contributed by atoms with E-state index in [1.54, 1.807) is 31.4 Å². The smallest absolute Gasteiger partial charge is 0.260 e. The third kappa shape index (κ3) is 4.31. The van der Waals surface area contributed by atoms with Crippen LogP contribution in [0.4, 0.5) is 5.69 Å². The van der Waals surface area contributed by atoms with Crippen molar-refractivity contribution in [1.82, 2.24) is 0 Å². The fourth-order valence-corrected chi connectivity index (χ4v) is 3.10. The van der Waals surface area contributed by atoms with Gasteiger partial charge in [0.05, 0.1) is 11.3 Å². The topological polar surface area (TPSA) is 55.4 Å². The van der Waals surface area contributed by atoms with Crippen molar-refractivity contribution in [3.63, 3.8) is 0 Å².